The van der Waals surface area contributed by atoms with E-state index < -0.39 is 9.05 Å². The van der Waals surface area contributed by atoms with Crippen LogP contribution in [0.2, 0.25) is 0 Å². The van der Waals surface area contributed by atoms with Crippen molar-refractivity contribution in [3.8, 4) is 11.3 Å². The van der Waals surface area contributed by atoms with E-state index >= 15 is 0 Å². The zero-order valence-corrected chi connectivity index (χ0v) is 11.7. The second-order valence-corrected chi connectivity index (χ2v) is 6.46. The van der Waals surface area contributed by atoms with Crippen LogP contribution >= 0.6 is 10.7 Å². The molecule has 0 aliphatic heterocycles. The Hall–Kier alpha value is -1.99. The highest BCUT2D eigenvalue weighted by molar-refractivity contribution is 8.13. The number of aromatic nitrogens is 2. The van der Waals surface area contributed by atoms with Crippen molar-refractivity contribution in [2.45, 2.75) is 11.4 Å². The zero-order valence-electron chi connectivity index (χ0n) is 10.2. The molecule has 0 atom stereocenters. The van der Waals surface area contributed by atoms with Gasteiger partial charge in [0.15, 0.2) is 0 Å². The van der Waals surface area contributed by atoms with E-state index in [2.05, 4.69) is 15.3 Å². The number of nitrogens with one attached hydrogen (secondary N) is 1. The third-order valence-electron chi connectivity index (χ3n) is 2.50. The van der Waals surface area contributed by atoms with Gasteiger partial charge < -0.3 is 5.32 Å². The summed E-state index contributed by atoms with van der Waals surface area (Å²) in [4.78, 5) is 18.1. The van der Waals surface area contributed by atoms with Gasteiger partial charge in [0.1, 0.15) is 4.90 Å². The van der Waals surface area contributed by atoms with Crippen LogP contribution in [0.4, 0.5) is 0 Å². The average molecular weight is 312 g/mol. The summed E-state index contributed by atoms with van der Waals surface area (Å²) in [6.45, 7) is 0.380. The molecule has 2 aromatic heterocycles. The number of carbonyl (C=O) groups excluding carboxylic acids is 1. The number of amides is 1. The maximum Gasteiger partial charge on any atom is 0.262 e. The van der Waals surface area contributed by atoms with E-state index in [4.69, 9.17) is 10.7 Å². The van der Waals surface area contributed by atoms with Crippen molar-refractivity contribution in [1.29, 1.82) is 0 Å². The lowest BCUT2D eigenvalue weighted by Crippen LogP contribution is -2.09. The highest BCUT2D eigenvalue weighted by Crippen LogP contribution is 2.21. The van der Waals surface area contributed by atoms with E-state index in [0.717, 1.165) is 5.56 Å². The third-order valence-corrected chi connectivity index (χ3v) is 3.83. The maximum absolute atomic E-state index is 11.3. The van der Waals surface area contributed by atoms with Crippen LogP contribution < -0.4 is 5.32 Å². The molecule has 20 heavy (non-hydrogen) atoms. The van der Waals surface area contributed by atoms with Gasteiger partial charge in [0.05, 0.1) is 5.69 Å². The van der Waals surface area contributed by atoms with Crippen LogP contribution in [0.3, 0.4) is 0 Å². The Kier molecular flexibility index (Phi) is 4.31. The van der Waals surface area contributed by atoms with Crippen molar-refractivity contribution in [1.82, 2.24) is 15.3 Å². The molecule has 2 aromatic rings. The van der Waals surface area contributed by atoms with Crippen molar-refractivity contribution in [3.05, 3.63) is 42.4 Å². The number of pyridine rings is 2. The first-order valence-electron chi connectivity index (χ1n) is 5.53. The van der Waals surface area contributed by atoms with E-state index in [0.29, 0.717) is 24.2 Å². The standard InChI is InChI=1S/C12H10ClN3O3S/c13-20(18,19)11-3-10(6-14-7-11)12-2-1-9(5-16-12)4-15-8-17/h1-3,5-8H,4H2,(H,15,17). The van der Waals surface area contributed by atoms with E-state index in [-0.39, 0.29) is 4.90 Å². The summed E-state index contributed by atoms with van der Waals surface area (Å²) >= 11 is 0. The van der Waals surface area contributed by atoms with Gasteiger partial charge in [-0.3, -0.25) is 14.8 Å². The largest absolute Gasteiger partial charge is 0.355 e. The SMILES string of the molecule is O=CNCc1ccc(-c2cncc(S(=O)(=O)Cl)c2)nc1. The topological polar surface area (TPSA) is 89.0 Å². The number of carbonyl (C=O) groups is 1. The van der Waals surface area contributed by atoms with Crippen molar-refractivity contribution in [3.63, 3.8) is 0 Å². The van der Waals surface area contributed by atoms with Crippen LogP contribution in [0.1, 0.15) is 5.56 Å². The van der Waals surface area contributed by atoms with Crippen molar-refractivity contribution >= 4 is 26.1 Å². The van der Waals surface area contributed by atoms with Gasteiger partial charge in [0.25, 0.3) is 9.05 Å². The fourth-order valence-electron chi connectivity index (χ4n) is 1.55. The molecule has 8 heteroatoms. The molecule has 0 aliphatic carbocycles. The fraction of sp³-hybridized carbons (Fsp3) is 0.0833. The number of halogens is 1. The smallest absolute Gasteiger partial charge is 0.262 e. The summed E-state index contributed by atoms with van der Waals surface area (Å²) in [5.74, 6) is 0. The lowest BCUT2D eigenvalue weighted by molar-refractivity contribution is -0.109. The van der Waals surface area contributed by atoms with E-state index in [1.54, 1.807) is 18.3 Å². The Balaban J connectivity index is 2.30. The summed E-state index contributed by atoms with van der Waals surface area (Å²) < 4.78 is 22.5. The predicted octanol–water partition coefficient (Wildman–Crippen LogP) is 1.32. The van der Waals surface area contributed by atoms with Crippen LogP contribution in [0.15, 0.2) is 41.7 Å². The van der Waals surface area contributed by atoms with Crippen LogP contribution in [-0.4, -0.2) is 24.8 Å². The molecule has 0 unspecified atom stereocenters. The normalized spacial score (nSPS) is 11.1. The minimum absolute atomic E-state index is 0.0786. The molecule has 1 N–H and O–H groups in total. The molecule has 1 amide bonds. The summed E-state index contributed by atoms with van der Waals surface area (Å²) in [5.41, 5.74) is 1.94. The van der Waals surface area contributed by atoms with Gasteiger partial charge >= 0.3 is 0 Å². The quantitative estimate of drug-likeness (QED) is 0.664. The molecule has 6 nitrogen and oxygen atoms in total. The fourth-order valence-corrected chi connectivity index (χ4v) is 2.26. The van der Waals surface area contributed by atoms with Crippen LogP contribution in [0.5, 0.6) is 0 Å². The second-order valence-electron chi connectivity index (χ2n) is 3.90. The molecule has 104 valence electrons. The summed E-state index contributed by atoms with van der Waals surface area (Å²) in [6, 6.07) is 4.89. The minimum atomic E-state index is -3.82. The lowest BCUT2D eigenvalue weighted by Gasteiger charge is -2.04. The van der Waals surface area contributed by atoms with E-state index in [1.165, 1.54) is 18.5 Å². The summed E-state index contributed by atoms with van der Waals surface area (Å²) in [6.07, 6.45) is 4.87. The van der Waals surface area contributed by atoms with Gasteiger partial charge in [-0.15, -0.1) is 0 Å². The molecule has 0 radical (unpaired) electrons. The van der Waals surface area contributed by atoms with Gasteiger partial charge in [0, 0.05) is 41.4 Å². The first-order valence-corrected chi connectivity index (χ1v) is 7.83. The number of hydrogen-bond acceptors (Lipinski definition) is 5. The first kappa shape index (κ1) is 14.4. The Bertz CT molecular complexity index is 717. The number of hydrogen-bond donors (Lipinski definition) is 1. The Morgan fingerprint density at radius 2 is 2.05 bits per heavy atom. The second kappa shape index (κ2) is 5.98. The van der Waals surface area contributed by atoms with Crippen molar-refractivity contribution in [2.24, 2.45) is 0 Å². The van der Waals surface area contributed by atoms with Gasteiger partial charge in [0.2, 0.25) is 6.41 Å². The lowest BCUT2D eigenvalue weighted by atomic mass is 10.1. The maximum atomic E-state index is 11.3. The van der Waals surface area contributed by atoms with Crippen LogP contribution in [0.25, 0.3) is 11.3 Å². The molecule has 0 spiro atoms. The Labute approximate surface area is 120 Å². The van der Waals surface area contributed by atoms with Gasteiger partial charge in [-0.1, -0.05) is 6.07 Å². The Morgan fingerprint density at radius 1 is 1.25 bits per heavy atom. The van der Waals surface area contributed by atoms with E-state index in [9.17, 15) is 13.2 Å². The first-order chi connectivity index (χ1) is 9.50. The minimum Gasteiger partial charge on any atom is -0.355 e. The Morgan fingerprint density at radius 3 is 2.65 bits per heavy atom. The monoisotopic (exact) mass is 311 g/mol. The molecular weight excluding hydrogens is 302 g/mol. The highest BCUT2D eigenvalue weighted by Gasteiger charge is 2.12. The molecule has 0 bridgehead atoms. The molecule has 0 aromatic carbocycles. The molecule has 0 aliphatic rings. The third kappa shape index (κ3) is 3.52. The summed E-state index contributed by atoms with van der Waals surface area (Å²) in [5, 5.41) is 2.52. The highest BCUT2D eigenvalue weighted by atomic mass is 35.7. The summed E-state index contributed by atoms with van der Waals surface area (Å²) in [7, 11) is 1.45. The molecule has 2 heterocycles. The number of rotatable bonds is 5. The van der Waals surface area contributed by atoms with Crippen LogP contribution in [-0.2, 0) is 20.4 Å². The van der Waals surface area contributed by atoms with Gasteiger partial charge in [-0.05, 0) is 17.7 Å². The molecule has 0 saturated carbocycles. The molecular formula is C12H10ClN3O3S. The predicted molar refractivity (Wildman–Crippen MR) is 73.4 cm³/mol. The van der Waals surface area contributed by atoms with Gasteiger partial charge in [-0.25, -0.2) is 8.42 Å². The van der Waals surface area contributed by atoms with Gasteiger partial charge in [-0.2, -0.15) is 0 Å². The average Bonchev–Trinajstić information content (AvgIpc) is 2.45. The molecule has 0 fully saturated rings. The van der Waals surface area contributed by atoms with Crippen molar-refractivity contribution < 1.29 is 13.2 Å². The zero-order chi connectivity index (χ0) is 14.6. The number of nitrogens with zero attached hydrogens (tertiary/aromatic N) is 2. The van der Waals surface area contributed by atoms with Crippen molar-refractivity contribution in [2.75, 3.05) is 0 Å². The van der Waals surface area contributed by atoms with Crippen LogP contribution in [0, 0.1) is 0 Å². The van der Waals surface area contributed by atoms with E-state index in [1.807, 2.05) is 0 Å². The molecule has 2 rings (SSSR count). The molecule has 0 saturated heterocycles.